The SMILES string of the molecule is CC(C)C(C(=O)O)N1CCN(CC(=O)O)CCN(CC(=O)O)CCN(CC(=O)O)CC1. The van der Waals surface area contributed by atoms with Gasteiger partial charge in [-0.15, -0.1) is 0 Å². The molecule has 0 aromatic carbocycles. The van der Waals surface area contributed by atoms with Crippen LogP contribution in [0.3, 0.4) is 0 Å². The third kappa shape index (κ3) is 10.5. The summed E-state index contributed by atoms with van der Waals surface area (Å²) in [6, 6.07) is -0.787. The second-order valence-corrected chi connectivity index (χ2v) is 8.07. The molecule has 0 bridgehead atoms. The van der Waals surface area contributed by atoms with Gasteiger partial charge in [0.25, 0.3) is 0 Å². The van der Waals surface area contributed by atoms with Gasteiger partial charge in [0, 0.05) is 52.4 Å². The maximum atomic E-state index is 11.9. The van der Waals surface area contributed by atoms with Gasteiger partial charge in [0.15, 0.2) is 0 Å². The van der Waals surface area contributed by atoms with Crippen molar-refractivity contribution in [2.45, 2.75) is 19.9 Å². The summed E-state index contributed by atoms with van der Waals surface area (Å²) in [7, 11) is 0. The average Bonchev–Trinajstić information content (AvgIpc) is 2.61. The maximum Gasteiger partial charge on any atom is 0.321 e. The van der Waals surface area contributed by atoms with Crippen molar-refractivity contribution in [1.29, 1.82) is 0 Å². The van der Waals surface area contributed by atoms with Crippen molar-refractivity contribution in [3.63, 3.8) is 0 Å². The summed E-state index contributed by atoms with van der Waals surface area (Å²) in [4.78, 5) is 52.3. The Balaban J connectivity index is 3.09. The Morgan fingerprint density at radius 1 is 0.613 bits per heavy atom. The quantitative estimate of drug-likeness (QED) is 0.327. The molecule has 0 spiro atoms. The lowest BCUT2D eigenvalue weighted by Crippen LogP contribution is -2.53. The summed E-state index contributed by atoms with van der Waals surface area (Å²) >= 11 is 0. The van der Waals surface area contributed by atoms with E-state index in [1.807, 2.05) is 0 Å². The van der Waals surface area contributed by atoms with E-state index < -0.39 is 29.9 Å². The fourth-order valence-corrected chi connectivity index (χ4v) is 3.74. The number of nitrogens with zero attached hydrogens (tertiary/aromatic N) is 4. The smallest absolute Gasteiger partial charge is 0.321 e. The van der Waals surface area contributed by atoms with Crippen molar-refractivity contribution in [1.82, 2.24) is 19.6 Å². The van der Waals surface area contributed by atoms with Gasteiger partial charge in [0.2, 0.25) is 0 Å². The molecule has 1 atom stereocenters. The lowest BCUT2D eigenvalue weighted by Gasteiger charge is -2.36. The van der Waals surface area contributed by atoms with Gasteiger partial charge in [-0.3, -0.25) is 38.8 Å². The van der Waals surface area contributed by atoms with Crippen molar-refractivity contribution in [2.24, 2.45) is 5.92 Å². The molecule has 0 aromatic heterocycles. The monoisotopic (exact) mass is 446 g/mol. The molecule has 1 unspecified atom stereocenters. The zero-order chi connectivity index (χ0) is 23.6. The van der Waals surface area contributed by atoms with Crippen LogP contribution in [0.1, 0.15) is 13.8 Å². The van der Waals surface area contributed by atoms with Gasteiger partial charge in [-0.25, -0.2) is 0 Å². The first kappa shape index (κ1) is 26.8. The van der Waals surface area contributed by atoms with Crippen LogP contribution >= 0.6 is 0 Å². The van der Waals surface area contributed by atoms with E-state index in [2.05, 4.69) is 0 Å². The van der Waals surface area contributed by atoms with Gasteiger partial charge in [0.05, 0.1) is 19.6 Å². The van der Waals surface area contributed by atoms with Crippen molar-refractivity contribution in [2.75, 3.05) is 72.0 Å². The van der Waals surface area contributed by atoms with E-state index in [1.165, 1.54) is 0 Å². The predicted octanol–water partition coefficient (Wildman–Crippen LogP) is -1.43. The zero-order valence-corrected chi connectivity index (χ0v) is 18.1. The largest absolute Gasteiger partial charge is 0.480 e. The number of rotatable bonds is 9. The highest BCUT2D eigenvalue weighted by atomic mass is 16.4. The molecule has 4 N–H and O–H groups in total. The number of hydrogen-bond donors (Lipinski definition) is 4. The zero-order valence-electron chi connectivity index (χ0n) is 18.1. The van der Waals surface area contributed by atoms with Crippen molar-refractivity contribution in [3.8, 4) is 0 Å². The minimum atomic E-state index is -1.02. The molecule has 1 fully saturated rings. The Hall–Kier alpha value is -2.28. The molecule has 178 valence electrons. The number of carbonyl (C=O) groups is 4. The van der Waals surface area contributed by atoms with Crippen LogP contribution in [0.25, 0.3) is 0 Å². The molecule has 1 rings (SSSR count). The maximum absolute atomic E-state index is 11.9. The van der Waals surface area contributed by atoms with E-state index in [0.717, 1.165) is 0 Å². The van der Waals surface area contributed by atoms with Crippen LogP contribution in [0.2, 0.25) is 0 Å². The van der Waals surface area contributed by atoms with E-state index in [1.54, 1.807) is 33.4 Å². The topological polar surface area (TPSA) is 162 Å². The fourth-order valence-electron chi connectivity index (χ4n) is 3.74. The molecule has 0 aliphatic carbocycles. The Kier molecular flexibility index (Phi) is 11.4. The number of carboxylic acids is 4. The van der Waals surface area contributed by atoms with E-state index in [0.29, 0.717) is 52.4 Å². The summed E-state index contributed by atoms with van der Waals surface area (Å²) in [5, 5.41) is 37.3. The van der Waals surface area contributed by atoms with Crippen LogP contribution in [0.4, 0.5) is 0 Å². The summed E-state index contributed by atoms with van der Waals surface area (Å²) < 4.78 is 0. The first-order chi connectivity index (χ1) is 14.5. The molecular formula is C19H34N4O8. The molecule has 1 heterocycles. The number of hydrogen-bond acceptors (Lipinski definition) is 8. The van der Waals surface area contributed by atoms with Crippen LogP contribution in [-0.2, 0) is 19.2 Å². The minimum absolute atomic E-state index is 0.197. The number of aliphatic carboxylic acids is 4. The molecule has 0 saturated carbocycles. The molecule has 12 heteroatoms. The van der Waals surface area contributed by atoms with E-state index in [4.69, 9.17) is 5.11 Å². The van der Waals surface area contributed by atoms with E-state index in [9.17, 15) is 34.5 Å². The third-order valence-electron chi connectivity index (χ3n) is 5.23. The molecule has 1 aliphatic rings. The van der Waals surface area contributed by atoms with Gasteiger partial charge in [0.1, 0.15) is 6.04 Å². The lowest BCUT2D eigenvalue weighted by molar-refractivity contribution is -0.146. The molecule has 0 aromatic rings. The average molecular weight is 447 g/mol. The van der Waals surface area contributed by atoms with Crippen LogP contribution < -0.4 is 0 Å². The first-order valence-electron chi connectivity index (χ1n) is 10.3. The Bertz CT molecular complexity index is 598. The number of carboxylic acid groups (broad SMARTS) is 4. The van der Waals surface area contributed by atoms with Gasteiger partial charge < -0.3 is 20.4 Å². The molecule has 1 saturated heterocycles. The molecule has 1 aliphatic heterocycles. The van der Waals surface area contributed by atoms with Gasteiger partial charge in [-0.2, -0.15) is 0 Å². The van der Waals surface area contributed by atoms with Crippen LogP contribution in [0.5, 0.6) is 0 Å². The first-order valence-corrected chi connectivity index (χ1v) is 10.3. The normalized spacial score (nSPS) is 20.0. The van der Waals surface area contributed by atoms with Crippen LogP contribution in [0.15, 0.2) is 0 Å². The highest BCUT2D eigenvalue weighted by molar-refractivity contribution is 5.74. The van der Waals surface area contributed by atoms with Crippen molar-refractivity contribution < 1.29 is 39.6 Å². The second kappa shape index (κ2) is 13.2. The highest BCUT2D eigenvalue weighted by Crippen LogP contribution is 2.12. The van der Waals surface area contributed by atoms with Gasteiger partial charge in [-0.05, 0) is 5.92 Å². The molecule has 0 radical (unpaired) electrons. The molecule has 31 heavy (non-hydrogen) atoms. The molecule has 0 amide bonds. The minimum Gasteiger partial charge on any atom is -0.480 e. The summed E-state index contributed by atoms with van der Waals surface area (Å²) in [5.74, 6) is -4.24. The Labute approximate surface area is 181 Å². The van der Waals surface area contributed by atoms with Gasteiger partial charge in [-0.1, -0.05) is 13.8 Å². The summed E-state index contributed by atoms with van der Waals surface area (Å²) in [6.07, 6.45) is 0. The van der Waals surface area contributed by atoms with Gasteiger partial charge >= 0.3 is 23.9 Å². The molecule has 12 nitrogen and oxygen atoms in total. The second-order valence-electron chi connectivity index (χ2n) is 8.07. The third-order valence-corrected chi connectivity index (χ3v) is 5.23. The Morgan fingerprint density at radius 2 is 0.903 bits per heavy atom. The molecular weight excluding hydrogens is 412 g/mol. The highest BCUT2D eigenvalue weighted by Gasteiger charge is 2.30. The van der Waals surface area contributed by atoms with Crippen molar-refractivity contribution in [3.05, 3.63) is 0 Å². The Morgan fingerprint density at radius 3 is 1.13 bits per heavy atom. The van der Waals surface area contributed by atoms with E-state index in [-0.39, 0.29) is 25.6 Å². The van der Waals surface area contributed by atoms with Crippen LogP contribution in [-0.4, -0.2) is 142 Å². The fraction of sp³-hybridized carbons (Fsp3) is 0.789. The van der Waals surface area contributed by atoms with E-state index >= 15 is 0 Å². The van der Waals surface area contributed by atoms with Crippen LogP contribution in [0, 0.1) is 5.92 Å². The standard InChI is InChI=1S/C19H34N4O8/c1-14(2)18(19(30)31)23-9-7-21(12-16(26)27)5-3-20(11-15(24)25)4-6-22(8-10-23)13-17(28)29/h14,18H,3-13H2,1-2H3,(H,24,25)(H,26,27)(H,28,29)(H,30,31). The summed E-state index contributed by atoms with van der Waals surface area (Å²) in [6.45, 7) is 5.25. The van der Waals surface area contributed by atoms with Crippen molar-refractivity contribution >= 4 is 23.9 Å². The lowest BCUT2D eigenvalue weighted by atomic mass is 10.0. The summed E-state index contributed by atoms with van der Waals surface area (Å²) in [5.41, 5.74) is 0. The predicted molar refractivity (Wildman–Crippen MR) is 110 cm³/mol.